The van der Waals surface area contributed by atoms with Gasteiger partial charge in [-0.15, -0.1) is 0 Å². The molecule has 1 saturated heterocycles. The Hall–Kier alpha value is -1.26. The Labute approximate surface area is 122 Å². The summed E-state index contributed by atoms with van der Waals surface area (Å²) >= 11 is 0. The third kappa shape index (κ3) is 4.39. The highest BCUT2D eigenvalue weighted by atomic mass is 16.5. The normalized spacial score (nSPS) is 19.1. The maximum atomic E-state index is 5.45. The fourth-order valence-electron chi connectivity index (χ4n) is 2.69. The predicted molar refractivity (Wildman–Crippen MR) is 84.5 cm³/mol. The van der Waals surface area contributed by atoms with E-state index in [4.69, 9.17) is 4.74 Å². The first-order valence-electron chi connectivity index (χ1n) is 7.48. The number of ether oxygens (including phenoxy) is 1. The lowest BCUT2D eigenvalue weighted by atomic mass is 10.0. The lowest BCUT2D eigenvalue weighted by Gasteiger charge is -2.24. The van der Waals surface area contributed by atoms with Crippen molar-refractivity contribution in [3.05, 3.63) is 23.8 Å². The molecular formula is C16H27N3O. The van der Waals surface area contributed by atoms with Gasteiger partial charge in [-0.2, -0.15) is 0 Å². The van der Waals surface area contributed by atoms with Crippen molar-refractivity contribution in [2.75, 3.05) is 39.6 Å². The van der Waals surface area contributed by atoms with Gasteiger partial charge in [0.25, 0.3) is 0 Å². The molecule has 112 valence electrons. The zero-order valence-corrected chi connectivity index (χ0v) is 12.9. The molecule has 1 aliphatic heterocycles. The van der Waals surface area contributed by atoms with Gasteiger partial charge in [-0.25, -0.2) is 0 Å². The molecule has 1 atom stereocenters. The van der Waals surface area contributed by atoms with Crippen molar-refractivity contribution in [2.45, 2.75) is 31.8 Å². The van der Waals surface area contributed by atoms with E-state index < -0.39 is 0 Å². The summed E-state index contributed by atoms with van der Waals surface area (Å²) in [7, 11) is 5.90. The lowest BCUT2D eigenvalue weighted by Crippen LogP contribution is -2.39. The second-order valence-corrected chi connectivity index (χ2v) is 5.80. The van der Waals surface area contributed by atoms with E-state index in [2.05, 4.69) is 47.8 Å². The quantitative estimate of drug-likeness (QED) is 0.836. The van der Waals surface area contributed by atoms with Crippen molar-refractivity contribution < 1.29 is 4.74 Å². The Bertz CT molecular complexity index is 414. The van der Waals surface area contributed by atoms with Crippen LogP contribution in [0.1, 0.15) is 24.8 Å². The maximum Gasteiger partial charge on any atom is 0.141 e. The van der Waals surface area contributed by atoms with Crippen LogP contribution in [-0.2, 0) is 6.54 Å². The van der Waals surface area contributed by atoms with Crippen molar-refractivity contribution in [1.29, 1.82) is 0 Å². The number of hydrogen-bond acceptors (Lipinski definition) is 4. The minimum atomic E-state index is 0.575. The Morgan fingerprint density at radius 1 is 1.35 bits per heavy atom. The van der Waals surface area contributed by atoms with E-state index >= 15 is 0 Å². The van der Waals surface area contributed by atoms with E-state index in [1.807, 2.05) is 0 Å². The minimum absolute atomic E-state index is 0.575. The molecule has 1 aliphatic rings. The van der Waals surface area contributed by atoms with Gasteiger partial charge in [0.05, 0.1) is 12.8 Å². The highest BCUT2D eigenvalue weighted by Gasteiger charge is 2.13. The van der Waals surface area contributed by atoms with Crippen LogP contribution in [0.2, 0.25) is 0 Å². The van der Waals surface area contributed by atoms with Gasteiger partial charge in [-0.1, -0.05) is 12.5 Å². The number of nitrogens with zero attached hydrogens (tertiary/aromatic N) is 1. The molecule has 4 nitrogen and oxygen atoms in total. The summed E-state index contributed by atoms with van der Waals surface area (Å²) in [5.41, 5.74) is 2.40. The van der Waals surface area contributed by atoms with Gasteiger partial charge in [0, 0.05) is 19.1 Å². The fourth-order valence-corrected chi connectivity index (χ4v) is 2.69. The summed E-state index contributed by atoms with van der Waals surface area (Å²) in [4.78, 5) is 2.17. The van der Waals surface area contributed by atoms with E-state index in [0.717, 1.165) is 31.1 Å². The molecule has 1 aromatic carbocycles. The summed E-state index contributed by atoms with van der Waals surface area (Å²) in [5.74, 6) is 0.920. The van der Waals surface area contributed by atoms with Crippen molar-refractivity contribution >= 4 is 5.69 Å². The lowest BCUT2D eigenvalue weighted by molar-refractivity contribution is 0.399. The number of hydrogen-bond donors (Lipinski definition) is 2. The van der Waals surface area contributed by atoms with Crippen LogP contribution in [0, 0.1) is 0 Å². The molecule has 1 aromatic rings. The number of anilines is 1. The first-order chi connectivity index (χ1) is 9.69. The van der Waals surface area contributed by atoms with Crippen molar-refractivity contribution in [1.82, 2.24) is 10.2 Å². The van der Waals surface area contributed by atoms with Gasteiger partial charge in [-0.3, -0.25) is 0 Å². The van der Waals surface area contributed by atoms with Crippen LogP contribution in [0.5, 0.6) is 5.75 Å². The summed E-state index contributed by atoms with van der Waals surface area (Å²) in [5, 5.41) is 7.10. The Balaban J connectivity index is 1.99. The van der Waals surface area contributed by atoms with E-state index in [9.17, 15) is 0 Å². The Kier molecular flexibility index (Phi) is 5.68. The minimum Gasteiger partial charge on any atom is -0.495 e. The SMILES string of the molecule is COc1ccc(CN(C)C)cc1NCC1CCCCN1. The number of nitrogens with one attached hydrogen (secondary N) is 2. The van der Waals surface area contributed by atoms with Crippen molar-refractivity contribution in [3.63, 3.8) is 0 Å². The molecule has 0 radical (unpaired) electrons. The summed E-state index contributed by atoms with van der Waals surface area (Å²) in [6, 6.07) is 6.95. The highest BCUT2D eigenvalue weighted by molar-refractivity contribution is 5.58. The summed E-state index contributed by atoms with van der Waals surface area (Å²) in [6.07, 6.45) is 3.89. The second-order valence-electron chi connectivity index (χ2n) is 5.80. The molecule has 1 fully saturated rings. The van der Waals surface area contributed by atoms with Crippen LogP contribution < -0.4 is 15.4 Å². The molecule has 0 bridgehead atoms. The van der Waals surface area contributed by atoms with Gasteiger partial charge in [-0.05, 0) is 51.2 Å². The van der Waals surface area contributed by atoms with Gasteiger partial charge in [0.2, 0.25) is 0 Å². The van der Waals surface area contributed by atoms with Crippen LogP contribution in [0.15, 0.2) is 18.2 Å². The smallest absolute Gasteiger partial charge is 0.141 e. The molecule has 20 heavy (non-hydrogen) atoms. The Morgan fingerprint density at radius 2 is 2.20 bits per heavy atom. The molecule has 0 spiro atoms. The number of piperidine rings is 1. The number of methoxy groups -OCH3 is 1. The number of benzene rings is 1. The fraction of sp³-hybridized carbons (Fsp3) is 0.625. The molecule has 1 heterocycles. The molecule has 1 unspecified atom stereocenters. The molecule has 2 N–H and O–H groups in total. The van der Waals surface area contributed by atoms with Gasteiger partial charge in [0.1, 0.15) is 5.75 Å². The summed E-state index contributed by atoms with van der Waals surface area (Å²) in [6.45, 7) is 3.05. The van der Waals surface area contributed by atoms with E-state index in [-0.39, 0.29) is 0 Å². The highest BCUT2D eigenvalue weighted by Crippen LogP contribution is 2.26. The zero-order valence-electron chi connectivity index (χ0n) is 12.9. The van der Waals surface area contributed by atoms with Crippen molar-refractivity contribution in [3.8, 4) is 5.75 Å². The average Bonchev–Trinajstić information content (AvgIpc) is 2.46. The van der Waals surface area contributed by atoms with Crippen LogP contribution in [0.4, 0.5) is 5.69 Å². The van der Waals surface area contributed by atoms with Crippen LogP contribution in [-0.4, -0.2) is 45.2 Å². The van der Waals surface area contributed by atoms with Crippen LogP contribution in [0.25, 0.3) is 0 Å². The first kappa shape index (κ1) is 15.1. The molecule has 0 aliphatic carbocycles. The molecular weight excluding hydrogens is 250 g/mol. The topological polar surface area (TPSA) is 36.5 Å². The third-order valence-corrected chi connectivity index (χ3v) is 3.71. The number of rotatable bonds is 6. The molecule has 0 aromatic heterocycles. The summed E-state index contributed by atoms with van der Waals surface area (Å²) < 4.78 is 5.45. The van der Waals surface area contributed by atoms with Gasteiger partial charge >= 0.3 is 0 Å². The molecule has 2 rings (SSSR count). The monoisotopic (exact) mass is 277 g/mol. The maximum absolute atomic E-state index is 5.45. The predicted octanol–water partition coefficient (Wildman–Crippen LogP) is 2.31. The molecule has 0 amide bonds. The van der Waals surface area contributed by atoms with Gasteiger partial charge < -0.3 is 20.3 Å². The second kappa shape index (κ2) is 7.50. The van der Waals surface area contributed by atoms with E-state index in [1.54, 1.807) is 7.11 Å². The average molecular weight is 277 g/mol. The van der Waals surface area contributed by atoms with Crippen LogP contribution in [0.3, 0.4) is 0 Å². The van der Waals surface area contributed by atoms with Gasteiger partial charge in [0.15, 0.2) is 0 Å². The van der Waals surface area contributed by atoms with E-state index in [1.165, 1.54) is 24.8 Å². The van der Waals surface area contributed by atoms with Crippen LogP contribution >= 0.6 is 0 Å². The van der Waals surface area contributed by atoms with E-state index in [0.29, 0.717) is 6.04 Å². The Morgan fingerprint density at radius 3 is 2.85 bits per heavy atom. The first-order valence-corrected chi connectivity index (χ1v) is 7.48. The third-order valence-electron chi connectivity index (χ3n) is 3.71. The molecule has 4 heteroatoms. The molecule has 0 saturated carbocycles. The largest absolute Gasteiger partial charge is 0.495 e. The standard InChI is InChI=1S/C16H27N3O/c1-19(2)12-13-7-8-16(20-3)15(10-13)18-11-14-6-4-5-9-17-14/h7-8,10,14,17-18H,4-6,9,11-12H2,1-3H3. The zero-order chi connectivity index (χ0) is 14.4. The van der Waals surface area contributed by atoms with Crippen molar-refractivity contribution in [2.24, 2.45) is 0 Å².